The molecule has 0 saturated heterocycles. The quantitative estimate of drug-likeness (QED) is 0.135. The minimum atomic E-state index is -0.958. The summed E-state index contributed by atoms with van der Waals surface area (Å²) in [5.74, 6) is -0.304. The highest BCUT2D eigenvalue weighted by Gasteiger charge is 2.10. The molecular formula is C24H46O6. The highest BCUT2D eigenvalue weighted by atomic mass is 16.5. The largest absolute Gasteiger partial charge is 0.463 e. The van der Waals surface area contributed by atoms with Crippen LogP contribution in [-0.2, 0) is 14.3 Å². The van der Waals surface area contributed by atoms with E-state index < -0.39 is 12.2 Å². The van der Waals surface area contributed by atoms with Crippen LogP contribution in [0.2, 0.25) is 0 Å². The number of hydrogen-bond acceptors (Lipinski definition) is 6. The Labute approximate surface area is 183 Å². The highest BCUT2D eigenvalue weighted by Crippen LogP contribution is 2.10. The molecule has 0 amide bonds. The summed E-state index contributed by atoms with van der Waals surface area (Å²) in [4.78, 5) is 11.7. The number of unbranched alkanes of at least 4 members (excludes halogenated alkanes) is 11. The molecule has 178 valence electrons. The first-order chi connectivity index (χ1) is 14.6. The second-order valence-corrected chi connectivity index (χ2v) is 8.04. The molecule has 0 spiro atoms. The fourth-order valence-electron chi connectivity index (χ4n) is 3.04. The molecule has 0 aromatic carbocycles. The third-order valence-corrected chi connectivity index (χ3v) is 4.91. The van der Waals surface area contributed by atoms with E-state index in [1.165, 1.54) is 57.8 Å². The van der Waals surface area contributed by atoms with E-state index in [1.807, 2.05) is 0 Å². The predicted molar refractivity (Wildman–Crippen MR) is 120 cm³/mol. The Morgan fingerprint density at radius 3 is 1.90 bits per heavy atom. The van der Waals surface area contributed by atoms with Gasteiger partial charge in [-0.2, -0.15) is 0 Å². The van der Waals surface area contributed by atoms with Gasteiger partial charge >= 0.3 is 5.97 Å². The minimum Gasteiger partial charge on any atom is -0.463 e. The maximum absolute atomic E-state index is 11.7. The molecule has 0 heterocycles. The topological polar surface area (TPSA) is 96.2 Å². The van der Waals surface area contributed by atoms with E-state index in [0.29, 0.717) is 6.42 Å². The number of ether oxygens (including phenoxy) is 2. The molecule has 3 N–H and O–H groups in total. The van der Waals surface area contributed by atoms with Gasteiger partial charge in [-0.05, 0) is 32.1 Å². The van der Waals surface area contributed by atoms with E-state index in [1.54, 1.807) is 0 Å². The van der Waals surface area contributed by atoms with Gasteiger partial charge in [0.25, 0.3) is 0 Å². The van der Waals surface area contributed by atoms with E-state index in [9.17, 15) is 9.90 Å². The van der Waals surface area contributed by atoms with Crippen molar-refractivity contribution in [2.75, 3.05) is 26.4 Å². The van der Waals surface area contributed by atoms with Gasteiger partial charge in [0.15, 0.2) is 0 Å². The van der Waals surface area contributed by atoms with Crippen LogP contribution < -0.4 is 0 Å². The molecular weight excluding hydrogens is 384 g/mol. The summed E-state index contributed by atoms with van der Waals surface area (Å²) in [5.41, 5.74) is 0. The molecule has 0 radical (unpaired) electrons. The van der Waals surface area contributed by atoms with E-state index in [4.69, 9.17) is 19.7 Å². The summed E-state index contributed by atoms with van der Waals surface area (Å²) in [5, 5.41) is 27.4. The lowest BCUT2D eigenvalue weighted by molar-refractivity contribution is -0.148. The van der Waals surface area contributed by atoms with E-state index in [0.717, 1.165) is 25.7 Å². The van der Waals surface area contributed by atoms with Crippen LogP contribution >= 0.6 is 0 Å². The van der Waals surface area contributed by atoms with Gasteiger partial charge in [-0.15, -0.1) is 0 Å². The van der Waals surface area contributed by atoms with Crippen molar-refractivity contribution in [2.45, 2.75) is 109 Å². The molecule has 0 bridgehead atoms. The molecule has 0 fully saturated rings. The van der Waals surface area contributed by atoms with Crippen molar-refractivity contribution in [3.63, 3.8) is 0 Å². The van der Waals surface area contributed by atoms with Gasteiger partial charge in [-0.25, -0.2) is 0 Å². The maximum atomic E-state index is 11.7. The molecule has 30 heavy (non-hydrogen) atoms. The van der Waals surface area contributed by atoms with Crippen LogP contribution in [0.5, 0.6) is 0 Å². The predicted octanol–water partition coefficient (Wildman–Crippen LogP) is 4.30. The Morgan fingerprint density at radius 1 is 0.767 bits per heavy atom. The van der Waals surface area contributed by atoms with Gasteiger partial charge in [0.1, 0.15) is 18.8 Å². The van der Waals surface area contributed by atoms with E-state index >= 15 is 0 Å². The van der Waals surface area contributed by atoms with Crippen molar-refractivity contribution in [1.29, 1.82) is 0 Å². The van der Waals surface area contributed by atoms with Crippen molar-refractivity contribution in [3.05, 3.63) is 12.2 Å². The first-order valence-corrected chi connectivity index (χ1v) is 12.0. The lowest BCUT2D eigenvalue weighted by atomic mass is 10.1. The number of aliphatic hydroxyl groups is 3. The van der Waals surface area contributed by atoms with Crippen LogP contribution in [-0.4, -0.2) is 59.9 Å². The zero-order valence-corrected chi connectivity index (χ0v) is 19.1. The summed E-state index contributed by atoms with van der Waals surface area (Å²) in [6.45, 7) is 1.65. The zero-order chi connectivity index (χ0) is 22.3. The molecule has 0 unspecified atom stereocenters. The molecule has 0 aromatic rings. The van der Waals surface area contributed by atoms with E-state index in [2.05, 4.69) is 19.1 Å². The number of carbonyl (C=O) groups is 1. The smallest absolute Gasteiger partial charge is 0.305 e. The SMILES string of the molecule is CCCCCCCC/C=C\CCCCCCCC(=O)OC[C@@H](O)COC[C@H](O)CO. The summed E-state index contributed by atoms with van der Waals surface area (Å²) in [6, 6.07) is 0. The second kappa shape index (κ2) is 22.7. The molecule has 0 aliphatic rings. The molecule has 6 nitrogen and oxygen atoms in total. The third kappa shape index (κ3) is 21.8. The van der Waals surface area contributed by atoms with Crippen LogP contribution in [0.3, 0.4) is 0 Å². The molecule has 0 rings (SSSR count). The summed E-state index contributed by atoms with van der Waals surface area (Å²) >= 11 is 0. The standard InChI is InChI=1S/C24H46O6/c1-2-3-4-5-6-7-8-9-10-11-12-13-14-15-16-17-24(28)30-21-23(27)20-29-19-22(26)18-25/h9-10,22-23,25-27H,2-8,11-21H2,1H3/b10-9-/t22-,23+/m1/s1. The minimum absolute atomic E-state index is 0.0439. The summed E-state index contributed by atoms with van der Waals surface area (Å²) in [6.07, 6.45) is 18.9. The number of rotatable bonds is 22. The highest BCUT2D eigenvalue weighted by molar-refractivity contribution is 5.69. The number of allylic oxidation sites excluding steroid dienone is 2. The van der Waals surface area contributed by atoms with Gasteiger partial charge in [0, 0.05) is 6.42 Å². The van der Waals surface area contributed by atoms with Crippen molar-refractivity contribution < 1.29 is 29.6 Å². The Bertz CT molecular complexity index is 399. The van der Waals surface area contributed by atoms with Crippen molar-refractivity contribution >= 4 is 5.97 Å². The van der Waals surface area contributed by atoms with Crippen molar-refractivity contribution in [2.24, 2.45) is 0 Å². The first-order valence-electron chi connectivity index (χ1n) is 12.0. The summed E-state index contributed by atoms with van der Waals surface area (Å²) in [7, 11) is 0. The van der Waals surface area contributed by atoms with Crippen molar-refractivity contribution in [1.82, 2.24) is 0 Å². The van der Waals surface area contributed by atoms with Gasteiger partial charge in [-0.3, -0.25) is 4.79 Å². The normalized spacial score (nSPS) is 13.6. The van der Waals surface area contributed by atoms with Crippen LogP contribution in [0.25, 0.3) is 0 Å². The molecule has 2 atom stereocenters. The number of aliphatic hydroxyl groups excluding tert-OH is 3. The first kappa shape index (κ1) is 29.1. The van der Waals surface area contributed by atoms with E-state index in [-0.39, 0.29) is 32.4 Å². The summed E-state index contributed by atoms with van der Waals surface area (Å²) < 4.78 is 10.0. The molecule has 0 aromatic heterocycles. The van der Waals surface area contributed by atoms with Gasteiger partial charge in [-0.1, -0.05) is 70.4 Å². The average molecular weight is 431 g/mol. The molecule has 0 saturated carbocycles. The Morgan fingerprint density at radius 2 is 1.30 bits per heavy atom. The monoisotopic (exact) mass is 430 g/mol. The van der Waals surface area contributed by atoms with Crippen LogP contribution in [0.1, 0.15) is 96.8 Å². The van der Waals surface area contributed by atoms with Crippen LogP contribution in [0.15, 0.2) is 12.2 Å². The fraction of sp³-hybridized carbons (Fsp3) is 0.875. The van der Waals surface area contributed by atoms with Gasteiger partial charge in [0.2, 0.25) is 0 Å². The lowest BCUT2D eigenvalue weighted by Gasteiger charge is -2.13. The lowest BCUT2D eigenvalue weighted by Crippen LogP contribution is -2.27. The fourth-order valence-corrected chi connectivity index (χ4v) is 3.04. The van der Waals surface area contributed by atoms with Crippen LogP contribution in [0.4, 0.5) is 0 Å². The number of carbonyl (C=O) groups excluding carboxylic acids is 1. The number of hydrogen-bond donors (Lipinski definition) is 3. The van der Waals surface area contributed by atoms with Crippen LogP contribution in [0, 0.1) is 0 Å². The zero-order valence-electron chi connectivity index (χ0n) is 19.1. The van der Waals surface area contributed by atoms with Crippen molar-refractivity contribution in [3.8, 4) is 0 Å². The Hall–Kier alpha value is -0.950. The Balaban J connectivity index is 3.35. The van der Waals surface area contributed by atoms with Gasteiger partial charge in [0.05, 0.1) is 19.8 Å². The average Bonchev–Trinajstić information content (AvgIpc) is 2.74. The third-order valence-electron chi connectivity index (χ3n) is 4.91. The molecule has 0 aliphatic carbocycles. The maximum Gasteiger partial charge on any atom is 0.305 e. The number of esters is 1. The van der Waals surface area contributed by atoms with Gasteiger partial charge < -0.3 is 24.8 Å². The second-order valence-electron chi connectivity index (χ2n) is 8.04. The molecule has 0 aliphatic heterocycles. The Kier molecular flexibility index (Phi) is 22.0. The molecule has 6 heteroatoms.